The topological polar surface area (TPSA) is 190 Å². The van der Waals surface area contributed by atoms with Crippen LogP contribution in [0.2, 0.25) is 0 Å². The third-order valence-corrected chi connectivity index (χ3v) is 20.1. The molecule has 3 amide bonds. The van der Waals surface area contributed by atoms with E-state index in [1.54, 1.807) is 87.0 Å². The Balaban J connectivity index is 0.000000182. The predicted octanol–water partition coefficient (Wildman–Crippen LogP) is 12.2. The quantitative estimate of drug-likeness (QED) is 0.0691. The SMILES string of the molecule is CN(C(=O)OC(C)(C)C)[C@@H](Cc1ccccc1)C(=O)Nc1ccc2c(c1)Sc1cccc(-c3cc(N4CCOCC4)cc(=O)[nH]3)c1S2.CN[C@@H](Cc1ccccc1)C(=O)Nc1ccc2c(c1)Sc1cccc(-c3cc(N4CCOCC4)cc(=O)[nH]3)c1S2. The van der Waals surface area contributed by atoms with Crippen LogP contribution in [0.25, 0.3) is 22.5 Å². The second-order valence-corrected chi connectivity index (χ2v) is 26.5. The lowest BCUT2D eigenvalue weighted by molar-refractivity contribution is -0.121. The standard InChI is InChI=1S/C36H38N4O5S2.C31H30N4O3S2/c1-36(2,3)45-35(43)39(4)28(19-23-9-6-5-7-10-23)34(42)37-24-13-14-29-31(20-24)46-30-12-8-11-26(33(30)47-29)27-21-25(22-32(41)38-27)40-15-17-44-18-16-40;1-32-25(16-20-6-3-2-4-7-20)31(37)33-21-10-11-26-28(17-21)39-27-9-5-8-23(30(27)40-26)24-18-22(19-29(36)34-24)35-12-14-38-15-13-35/h5-14,20-22,28H,15-19H2,1-4H3,(H,37,42)(H,38,41);2-11,17-19,25,32H,12-16H2,1H3,(H,33,37)(H,34,36)/t28-;25-/m00/s1. The second-order valence-electron chi connectivity index (χ2n) is 22.2. The Morgan fingerprint density at radius 1 is 0.552 bits per heavy atom. The lowest BCUT2D eigenvalue weighted by Crippen LogP contribution is -2.48. The molecule has 4 aliphatic heterocycles. The number of carbonyl (C=O) groups excluding carboxylic acids is 3. The van der Waals surface area contributed by atoms with Gasteiger partial charge in [-0.2, -0.15) is 0 Å². The van der Waals surface area contributed by atoms with Gasteiger partial charge in [0.2, 0.25) is 22.9 Å². The zero-order chi connectivity index (χ0) is 60.6. The van der Waals surface area contributed by atoms with Crippen LogP contribution in [-0.2, 0) is 36.6 Å². The summed E-state index contributed by atoms with van der Waals surface area (Å²) in [5.41, 5.74) is 7.86. The molecule has 20 heteroatoms. The molecule has 2 fully saturated rings. The van der Waals surface area contributed by atoms with Crippen LogP contribution in [0.3, 0.4) is 0 Å². The van der Waals surface area contributed by atoms with Crippen molar-refractivity contribution in [3.05, 3.63) is 190 Å². The minimum atomic E-state index is -0.788. The van der Waals surface area contributed by atoms with Gasteiger partial charge in [0.05, 0.1) is 43.9 Å². The van der Waals surface area contributed by atoms with Crippen LogP contribution in [0.4, 0.5) is 27.5 Å². The Kier molecular flexibility index (Phi) is 19.3. The molecule has 4 aliphatic rings. The van der Waals surface area contributed by atoms with E-state index in [0.717, 1.165) is 116 Å². The van der Waals surface area contributed by atoms with Crippen molar-refractivity contribution in [2.24, 2.45) is 0 Å². The lowest BCUT2D eigenvalue weighted by atomic mass is 10.0. The Bertz CT molecular complexity index is 3920. The molecule has 0 spiro atoms. The molecule has 16 nitrogen and oxygen atoms in total. The number of fused-ring (bicyclic) bond motifs is 4. The van der Waals surface area contributed by atoms with E-state index in [0.29, 0.717) is 45.0 Å². The number of morpholine rings is 2. The number of rotatable bonds is 14. The molecule has 0 aliphatic carbocycles. The van der Waals surface area contributed by atoms with Gasteiger partial charge in [0.1, 0.15) is 11.6 Å². The van der Waals surface area contributed by atoms with Crippen LogP contribution in [0.5, 0.6) is 0 Å². The molecule has 8 aromatic rings. The van der Waals surface area contributed by atoms with Crippen LogP contribution in [-0.4, -0.2) is 117 Å². The van der Waals surface area contributed by atoms with Gasteiger partial charge in [0.15, 0.2) is 0 Å². The molecule has 2 saturated heterocycles. The van der Waals surface area contributed by atoms with Crippen LogP contribution >= 0.6 is 47.0 Å². The highest BCUT2D eigenvalue weighted by Gasteiger charge is 2.32. The second kappa shape index (κ2) is 27.6. The van der Waals surface area contributed by atoms with E-state index in [1.807, 2.05) is 122 Å². The highest BCUT2D eigenvalue weighted by Crippen LogP contribution is 2.54. The first-order valence-electron chi connectivity index (χ1n) is 28.8. The van der Waals surface area contributed by atoms with E-state index < -0.39 is 17.7 Å². The van der Waals surface area contributed by atoms with Gasteiger partial charge in [-0.3, -0.25) is 24.1 Å². The summed E-state index contributed by atoms with van der Waals surface area (Å²) < 4.78 is 16.6. The highest BCUT2D eigenvalue weighted by atomic mass is 32.2. The van der Waals surface area contributed by atoms with Gasteiger partial charge < -0.3 is 49.9 Å². The summed E-state index contributed by atoms with van der Waals surface area (Å²) in [6.45, 7) is 11.1. The van der Waals surface area contributed by atoms with Crippen molar-refractivity contribution in [2.75, 3.05) is 87.1 Å². The molecule has 87 heavy (non-hydrogen) atoms. The van der Waals surface area contributed by atoms with Gasteiger partial charge >= 0.3 is 6.09 Å². The smallest absolute Gasteiger partial charge is 0.410 e. The zero-order valence-corrected chi connectivity index (χ0v) is 52.2. The molecular formula is C67H68N8O8S4. The van der Waals surface area contributed by atoms with Crippen molar-refractivity contribution in [1.82, 2.24) is 20.2 Å². The Morgan fingerprint density at radius 3 is 1.47 bits per heavy atom. The maximum absolute atomic E-state index is 13.8. The minimum absolute atomic E-state index is 0.0634. The van der Waals surface area contributed by atoms with Crippen LogP contribution in [0.15, 0.2) is 206 Å². The molecule has 2 aromatic heterocycles. The molecule has 0 radical (unpaired) electrons. The van der Waals surface area contributed by atoms with E-state index in [2.05, 4.69) is 66.0 Å². The number of aromatic nitrogens is 2. The predicted molar refractivity (Wildman–Crippen MR) is 349 cm³/mol. The molecule has 2 atom stereocenters. The molecule has 12 rings (SSSR count). The summed E-state index contributed by atoms with van der Waals surface area (Å²) in [5, 5.41) is 9.28. The van der Waals surface area contributed by atoms with E-state index in [1.165, 1.54) is 4.90 Å². The number of hydrogen-bond acceptors (Lipinski definition) is 15. The molecule has 0 saturated carbocycles. The number of hydrogen-bond donors (Lipinski definition) is 5. The third-order valence-electron chi connectivity index (χ3n) is 14.9. The third kappa shape index (κ3) is 15.2. The van der Waals surface area contributed by atoms with E-state index in [9.17, 15) is 24.0 Å². The average Bonchev–Trinajstić information content (AvgIpc) is 1.84. The van der Waals surface area contributed by atoms with Crippen molar-refractivity contribution in [3.63, 3.8) is 0 Å². The number of amides is 3. The number of aromatic amines is 2. The van der Waals surface area contributed by atoms with Crippen molar-refractivity contribution in [1.29, 1.82) is 0 Å². The number of carbonyl (C=O) groups is 3. The van der Waals surface area contributed by atoms with E-state index in [-0.39, 0.29) is 29.0 Å². The Labute approximate surface area is 522 Å². The number of benzene rings is 6. The van der Waals surface area contributed by atoms with Crippen molar-refractivity contribution in [3.8, 4) is 22.5 Å². The molecule has 5 N–H and O–H groups in total. The lowest BCUT2D eigenvalue weighted by Gasteiger charge is -2.30. The first kappa shape index (κ1) is 61.0. The van der Waals surface area contributed by atoms with Crippen molar-refractivity contribution in [2.45, 2.75) is 90.5 Å². The van der Waals surface area contributed by atoms with Crippen molar-refractivity contribution < 1.29 is 28.6 Å². The molecule has 448 valence electrons. The molecule has 6 aromatic carbocycles. The summed E-state index contributed by atoms with van der Waals surface area (Å²) in [4.78, 5) is 85.6. The van der Waals surface area contributed by atoms with Crippen LogP contribution in [0.1, 0.15) is 31.9 Å². The zero-order valence-electron chi connectivity index (χ0n) is 49.0. The molecular weight excluding hydrogens is 1170 g/mol. The maximum Gasteiger partial charge on any atom is 0.410 e. The first-order chi connectivity index (χ1) is 42.1. The van der Waals surface area contributed by atoms with Crippen LogP contribution < -0.4 is 36.9 Å². The largest absolute Gasteiger partial charge is 0.444 e. The number of nitrogens with zero attached hydrogens (tertiary/aromatic N) is 3. The van der Waals surface area contributed by atoms with Crippen molar-refractivity contribution >= 4 is 87.7 Å². The summed E-state index contributed by atoms with van der Waals surface area (Å²) in [7, 11) is 3.41. The number of likely N-dealkylation sites (N-methyl/N-ethyl adjacent to an activating group) is 2. The molecule has 0 bridgehead atoms. The number of pyridine rings is 2. The van der Waals surface area contributed by atoms with Gasteiger partial charge in [-0.05, 0) is 106 Å². The summed E-state index contributed by atoms with van der Waals surface area (Å²) in [6, 6.07) is 50.1. The fourth-order valence-corrected chi connectivity index (χ4v) is 15.3. The number of H-pyrrole nitrogens is 2. The number of nitrogens with one attached hydrogen (secondary N) is 5. The van der Waals surface area contributed by atoms with Gasteiger partial charge in [0, 0.05) is 125 Å². The normalized spacial score (nSPS) is 15.0. The van der Waals surface area contributed by atoms with Gasteiger partial charge in [-0.1, -0.05) is 132 Å². The van der Waals surface area contributed by atoms with E-state index in [4.69, 9.17) is 14.2 Å². The first-order valence-corrected chi connectivity index (χ1v) is 32.1. The molecule has 0 unspecified atom stereocenters. The highest BCUT2D eigenvalue weighted by molar-refractivity contribution is 8.05. The van der Waals surface area contributed by atoms with Gasteiger partial charge in [-0.15, -0.1) is 0 Å². The van der Waals surface area contributed by atoms with Gasteiger partial charge in [0.25, 0.3) is 0 Å². The monoisotopic (exact) mass is 1240 g/mol. The van der Waals surface area contributed by atoms with E-state index >= 15 is 0 Å². The Hall–Kier alpha value is -7.69. The summed E-state index contributed by atoms with van der Waals surface area (Å²) in [5.74, 6) is -0.367. The Morgan fingerprint density at radius 2 is 1.01 bits per heavy atom. The summed E-state index contributed by atoms with van der Waals surface area (Å²) in [6.07, 6.45) is 0.391. The number of anilines is 4. The number of ether oxygens (including phenoxy) is 3. The average molecular weight is 1240 g/mol. The van der Waals surface area contributed by atoms with Crippen LogP contribution in [0, 0.1) is 0 Å². The summed E-state index contributed by atoms with van der Waals surface area (Å²) >= 11 is 6.63. The minimum Gasteiger partial charge on any atom is -0.444 e. The fraction of sp³-hybridized carbons (Fsp3) is 0.269. The molecule has 6 heterocycles. The maximum atomic E-state index is 13.8. The van der Waals surface area contributed by atoms with Gasteiger partial charge in [-0.25, -0.2) is 4.79 Å². The fourth-order valence-electron chi connectivity index (χ4n) is 10.5.